The lowest BCUT2D eigenvalue weighted by Crippen LogP contribution is -2.38. The van der Waals surface area contributed by atoms with Gasteiger partial charge in [-0.2, -0.15) is 10.4 Å². The summed E-state index contributed by atoms with van der Waals surface area (Å²) < 4.78 is 0. The predicted molar refractivity (Wildman–Crippen MR) is 95.8 cm³/mol. The molecule has 1 atom stereocenters. The molecule has 0 radical (unpaired) electrons. The van der Waals surface area contributed by atoms with Gasteiger partial charge in [-0.15, -0.1) is 0 Å². The molecule has 1 fully saturated rings. The summed E-state index contributed by atoms with van der Waals surface area (Å²) in [4.78, 5) is 10.9. The molecule has 0 aromatic heterocycles. The van der Waals surface area contributed by atoms with Crippen LogP contribution >= 0.6 is 0 Å². The molecule has 2 amide bonds. The van der Waals surface area contributed by atoms with Gasteiger partial charge >= 0.3 is 6.03 Å². The Hall–Kier alpha value is -3.13. The van der Waals surface area contributed by atoms with Crippen molar-refractivity contribution in [2.75, 3.05) is 0 Å². The lowest BCUT2D eigenvalue weighted by molar-refractivity contribution is 0.249. The maximum absolute atomic E-state index is 10.9. The van der Waals surface area contributed by atoms with E-state index in [1.165, 1.54) is 22.3 Å². The Kier molecular flexibility index (Phi) is 3.54. The monoisotopic (exact) mass is 330 g/mol. The number of carbonyl (C=O) groups excluding carboxylic acids is 1. The number of hydrogen-bond donors (Lipinski definition) is 2. The van der Waals surface area contributed by atoms with Gasteiger partial charge in [0.05, 0.1) is 17.7 Å². The molecule has 2 aliphatic rings. The fourth-order valence-corrected chi connectivity index (χ4v) is 4.37. The molecule has 0 aliphatic heterocycles. The number of carbonyl (C=O) groups is 1. The Labute approximate surface area is 146 Å². The fraction of sp³-hybridized carbons (Fsp3) is 0.250. The summed E-state index contributed by atoms with van der Waals surface area (Å²) in [5, 5.41) is 13.8. The number of rotatable bonds is 1. The second-order valence-electron chi connectivity index (χ2n) is 6.64. The van der Waals surface area contributed by atoms with E-state index in [1.54, 1.807) is 0 Å². The van der Waals surface area contributed by atoms with Crippen LogP contribution in [-0.2, 0) is 5.41 Å². The van der Waals surface area contributed by atoms with Gasteiger partial charge in [-0.05, 0) is 41.5 Å². The molecule has 5 heteroatoms. The van der Waals surface area contributed by atoms with Crippen LogP contribution in [0.2, 0.25) is 0 Å². The summed E-state index contributed by atoms with van der Waals surface area (Å²) in [6.45, 7) is 0. The molecule has 0 heterocycles. The van der Waals surface area contributed by atoms with Crippen molar-refractivity contribution < 1.29 is 4.79 Å². The van der Waals surface area contributed by atoms with Gasteiger partial charge in [-0.3, -0.25) is 0 Å². The standard InChI is InChI=1S/C20H18N4O/c21-12-13-11-20(10-9-18(13)23-24-19(22)25)16-7-3-1-5-14(16)15-6-2-4-8-17(15)20/h1-8,13H,9-11H2,(H3,22,24,25)/b23-18+. The quantitative estimate of drug-likeness (QED) is 0.785. The zero-order valence-corrected chi connectivity index (χ0v) is 13.7. The van der Waals surface area contributed by atoms with E-state index in [0.29, 0.717) is 18.6 Å². The molecule has 1 spiro atoms. The zero-order chi connectivity index (χ0) is 17.4. The Bertz CT molecular complexity index is 880. The normalized spacial score (nSPS) is 21.4. The minimum absolute atomic E-state index is 0.167. The van der Waals surface area contributed by atoms with Crippen molar-refractivity contribution in [3.05, 3.63) is 59.7 Å². The number of amides is 2. The van der Waals surface area contributed by atoms with Crippen LogP contribution in [0.25, 0.3) is 11.1 Å². The van der Waals surface area contributed by atoms with E-state index in [1.807, 2.05) is 0 Å². The van der Waals surface area contributed by atoms with Crippen LogP contribution < -0.4 is 11.2 Å². The third-order valence-corrected chi connectivity index (χ3v) is 5.40. The van der Waals surface area contributed by atoms with Gasteiger partial charge in [0.25, 0.3) is 0 Å². The first-order valence-corrected chi connectivity index (χ1v) is 8.36. The Balaban J connectivity index is 1.80. The number of nitriles is 1. The summed E-state index contributed by atoms with van der Waals surface area (Å²) >= 11 is 0. The number of fused-ring (bicyclic) bond motifs is 5. The molecule has 0 bridgehead atoms. The molecule has 124 valence electrons. The highest BCUT2D eigenvalue weighted by Crippen LogP contribution is 2.55. The van der Waals surface area contributed by atoms with Gasteiger partial charge in [-0.25, -0.2) is 10.2 Å². The van der Waals surface area contributed by atoms with Crippen molar-refractivity contribution in [2.45, 2.75) is 24.7 Å². The molecular formula is C20H18N4O. The van der Waals surface area contributed by atoms with Gasteiger partial charge in [-0.1, -0.05) is 48.5 Å². The van der Waals surface area contributed by atoms with Crippen LogP contribution in [-0.4, -0.2) is 11.7 Å². The number of hydrazone groups is 1. The van der Waals surface area contributed by atoms with Gasteiger partial charge in [0.2, 0.25) is 0 Å². The Morgan fingerprint density at radius 2 is 1.76 bits per heavy atom. The van der Waals surface area contributed by atoms with Crippen LogP contribution in [0.3, 0.4) is 0 Å². The maximum Gasteiger partial charge on any atom is 0.332 e. The van der Waals surface area contributed by atoms with Crippen LogP contribution in [0.5, 0.6) is 0 Å². The number of hydrogen-bond acceptors (Lipinski definition) is 3. The third-order valence-electron chi connectivity index (χ3n) is 5.40. The molecule has 5 nitrogen and oxygen atoms in total. The summed E-state index contributed by atoms with van der Waals surface area (Å²) in [7, 11) is 0. The average Bonchev–Trinajstić information content (AvgIpc) is 2.91. The first-order chi connectivity index (χ1) is 12.2. The van der Waals surface area contributed by atoms with Crippen LogP contribution in [0.4, 0.5) is 4.79 Å². The molecular weight excluding hydrogens is 312 g/mol. The SMILES string of the molecule is N#CC1CC2(CC/C1=N\NC(N)=O)c1ccccc1-c1ccccc12. The smallest absolute Gasteiger partial charge is 0.332 e. The topological polar surface area (TPSA) is 91.3 Å². The highest BCUT2D eigenvalue weighted by atomic mass is 16.2. The van der Waals surface area contributed by atoms with E-state index in [-0.39, 0.29) is 11.3 Å². The minimum Gasteiger partial charge on any atom is -0.350 e. The highest BCUT2D eigenvalue weighted by Gasteiger charge is 2.47. The molecule has 2 aromatic rings. The van der Waals surface area contributed by atoms with Gasteiger partial charge in [0.15, 0.2) is 0 Å². The maximum atomic E-state index is 10.9. The minimum atomic E-state index is -0.707. The van der Waals surface area contributed by atoms with E-state index in [0.717, 1.165) is 6.42 Å². The van der Waals surface area contributed by atoms with Crippen molar-refractivity contribution >= 4 is 11.7 Å². The number of benzene rings is 2. The molecule has 1 unspecified atom stereocenters. The van der Waals surface area contributed by atoms with E-state index >= 15 is 0 Å². The van der Waals surface area contributed by atoms with E-state index < -0.39 is 6.03 Å². The van der Waals surface area contributed by atoms with Crippen LogP contribution in [0.15, 0.2) is 53.6 Å². The van der Waals surface area contributed by atoms with Crippen molar-refractivity contribution in [3.63, 3.8) is 0 Å². The van der Waals surface area contributed by atoms with Gasteiger partial charge < -0.3 is 5.73 Å². The highest BCUT2D eigenvalue weighted by molar-refractivity contribution is 5.92. The summed E-state index contributed by atoms with van der Waals surface area (Å²) in [5.41, 5.74) is 13.0. The summed E-state index contributed by atoms with van der Waals surface area (Å²) in [6, 6.07) is 18.6. The fourth-order valence-electron chi connectivity index (χ4n) is 4.37. The Morgan fingerprint density at radius 3 is 2.32 bits per heavy atom. The molecule has 0 saturated heterocycles. The lowest BCUT2D eigenvalue weighted by Gasteiger charge is -2.38. The molecule has 25 heavy (non-hydrogen) atoms. The molecule has 2 aliphatic carbocycles. The van der Waals surface area contributed by atoms with E-state index in [9.17, 15) is 10.1 Å². The predicted octanol–water partition coefficient (Wildman–Crippen LogP) is 3.30. The zero-order valence-electron chi connectivity index (χ0n) is 13.7. The number of nitrogens with two attached hydrogens (primary N) is 1. The lowest BCUT2D eigenvalue weighted by atomic mass is 9.64. The number of nitrogens with one attached hydrogen (secondary N) is 1. The third kappa shape index (κ3) is 2.30. The van der Waals surface area contributed by atoms with Crippen molar-refractivity contribution in [1.29, 1.82) is 5.26 Å². The number of nitrogens with zero attached hydrogens (tertiary/aromatic N) is 2. The number of urea groups is 1. The van der Waals surface area contributed by atoms with Crippen molar-refractivity contribution in [2.24, 2.45) is 16.8 Å². The second kappa shape index (κ2) is 5.75. The molecule has 4 rings (SSSR count). The average molecular weight is 330 g/mol. The van der Waals surface area contributed by atoms with E-state index in [2.05, 4.69) is 65.1 Å². The van der Waals surface area contributed by atoms with Gasteiger partial charge in [0.1, 0.15) is 0 Å². The molecule has 2 aromatic carbocycles. The first kappa shape index (κ1) is 15.4. The second-order valence-corrected chi connectivity index (χ2v) is 6.64. The number of primary amides is 1. The molecule has 1 saturated carbocycles. The van der Waals surface area contributed by atoms with Crippen molar-refractivity contribution in [3.8, 4) is 17.2 Å². The van der Waals surface area contributed by atoms with Crippen molar-refractivity contribution in [1.82, 2.24) is 5.43 Å². The van der Waals surface area contributed by atoms with Crippen LogP contribution in [0.1, 0.15) is 30.4 Å². The Morgan fingerprint density at radius 1 is 1.16 bits per heavy atom. The summed E-state index contributed by atoms with van der Waals surface area (Å²) in [6.07, 6.45) is 2.18. The summed E-state index contributed by atoms with van der Waals surface area (Å²) in [5.74, 6) is -0.347. The van der Waals surface area contributed by atoms with E-state index in [4.69, 9.17) is 5.73 Å². The largest absolute Gasteiger partial charge is 0.350 e. The van der Waals surface area contributed by atoms with Crippen LogP contribution in [0, 0.1) is 17.2 Å². The van der Waals surface area contributed by atoms with Gasteiger partial charge in [0, 0.05) is 5.41 Å². The molecule has 3 N–H and O–H groups in total. The first-order valence-electron chi connectivity index (χ1n) is 8.36.